The number of benzene rings is 3. The van der Waals surface area contributed by atoms with Crippen LogP contribution in [0.5, 0.6) is 0 Å². The van der Waals surface area contributed by atoms with E-state index >= 15 is 0 Å². The Morgan fingerprint density at radius 2 is 1.69 bits per heavy atom. The minimum Gasteiger partial charge on any atom is -0.352 e. The van der Waals surface area contributed by atoms with Crippen LogP contribution in [-0.2, 0) is 24.2 Å². The summed E-state index contributed by atoms with van der Waals surface area (Å²) in [5.74, 6) is 0.0427. The Morgan fingerprint density at radius 1 is 0.917 bits per heavy atom. The van der Waals surface area contributed by atoms with Gasteiger partial charge in [0, 0.05) is 29.9 Å². The topological polar surface area (TPSA) is 57.8 Å². The van der Waals surface area contributed by atoms with Crippen molar-refractivity contribution >= 4 is 5.91 Å². The summed E-state index contributed by atoms with van der Waals surface area (Å²) in [4.78, 5) is 12.8. The highest BCUT2D eigenvalue weighted by atomic mass is 16.1. The van der Waals surface area contributed by atoms with E-state index in [-0.39, 0.29) is 5.91 Å². The molecule has 1 aromatic heterocycles. The fourth-order valence-electron chi connectivity index (χ4n) is 4.67. The van der Waals surface area contributed by atoms with Crippen LogP contribution in [0, 0.1) is 39.0 Å². The number of nitriles is 1. The van der Waals surface area contributed by atoms with Gasteiger partial charge in [-0.05, 0) is 86.2 Å². The molecule has 0 atom stereocenters. The van der Waals surface area contributed by atoms with Crippen molar-refractivity contribution in [3.8, 4) is 23.0 Å². The number of amides is 1. The predicted octanol–water partition coefficient (Wildman–Crippen LogP) is 6.69. The Morgan fingerprint density at radius 3 is 2.42 bits per heavy atom. The zero-order valence-electron chi connectivity index (χ0n) is 21.6. The van der Waals surface area contributed by atoms with E-state index in [4.69, 9.17) is 5.26 Å². The third-order valence-electron chi connectivity index (χ3n) is 6.90. The lowest BCUT2D eigenvalue weighted by Gasteiger charge is -2.16. The standard InChI is InChI=1S/C32H33N3O/c1-22-8-15-30(24(3)20-22)31-16-13-29(35(31)28-11-9-26(10-12-28)18-19-33)14-17-32(36)34-21-27-7-5-6-23(2)25(27)4/h5-13,15-16,20H,14,17-18,21H2,1-4H3,(H,34,36). The average molecular weight is 476 g/mol. The molecule has 3 aromatic carbocycles. The summed E-state index contributed by atoms with van der Waals surface area (Å²) in [6, 6.07) is 27.3. The number of rotatable bonds is 8. The Balaban J connectivity index is 1.58. The minimum atomic E-state index is 0.0427. The Bertz CT molecular complexity index is 1420. The van der Waals surface area contributed by atoms with Crippen molar-refractivity contribution in [2.24, 2.45) is 0 Å². The molecule has 0 saturated heterocycles. The van der Waals surface area contributed by atoms with Gasteiger partial charge in [0.1, 0.15) is 0 Å². The van der Waals surface area contributed by atoms with Gasteiger partial charge >= 0.3 is 0 Å². The fourth-order valence-corrected chi connectivity index (χ4v) is 4.67. The highest BCUT2D eigenvalue weighted by Crippen LogP contribution is 2.30. The summed E-state index contributed by atoms with van der Waals surface area (Å²) in [5.41, 5.74) is 11.4. The fraction of sp³-hybridized carbons (Fsp3) is 0.250. The normalized spacial score (nSPS) is 10.8. The van der Waals surface area contributed by atoms with Gasteiger partial charge in [-0.25, -0.2) is 0 Å². The molecular formula is C32H33N3O. The van der Waals surface area contributed by atoms with Gasteiger partial charge in [-0.2, -0.15) is 5.26 Å². The molecule has 1 heterocycles. The SMILES string of the molecule is Cc1ccc(-c2ccc(CCC(=O)NCc3cccc(C)c3C)n2-c2ccc(CC#N)cc2)c(C)c1. The van der Waals surface area contributed by atoms with E-state index in [1.165, 1.54) is 27.8 Å². The Labute approximate surface area is 214 Å². The molecule has 1 N–H and O–H groups in total. The van der Waals surface area contributed by atoms with Gasteiger partial charge in [0.05, 0.1) is 18.2 Å². The van der Waals surface area contributed by atoms with E-state index in [0.29, 0.717) is 25.8 Å². The molecule has 0 unspecified atom stereocenters. The number of aryl methyl sites for hydroxylation is 4. The summed E-state index contributed by atoms with van der Waals surface area (Å²) in [6.07, 6.45) is 1.43. The van der Waals surface area contributed by atoms with Crippen LogP contribution >= 0.6 is 0 Å². The maximum atomic E-state index is 12.8. The van der Waals surface area contributed by atoms with E-state index in [1.54, 1.807) is 0 Å². The molecule has 0 aliphatic rings. The molecule has 1 amide bonds. The first-order chi connectivity index (χ1) is 17.4. The third kappa shape index (κ3) is 5.58. The molecule has 4 rings (SSSR count). The maximum absolute atomic E-state index is 12.8. The first-order valence-corrected chi connectivity index (χ1v) is 12.4. The molecule has 0 spiro atoms. The van der Waals surface area contributed by atoms with Gasteiger partial charge in [-0.3, -0.25) is 4.79 Å². The second kappa shape index (κ2) is 11.1. The molecule has 4 nitrogen and oxygen atoms in total. The Kier molecular flexibility index (Phi) is 7.71. The summed E-state index contributed by atoms with van der Waals surface area (Å²) in [5, 5.41) is 12.1. The highest BCUT2D eigenvalue weighted by molar-refractivity contribution is 5.76. The molecule has 0 bridgehead atoms. The third-order valence-corrected chi connectivity index (χ3v) is 6.90. The van der Waals surface area contributed by atoms with E-state index in [9.17, 15) is 4.79 Å². The molecular weight excluding hydrogens is 442 g/mol. The molecule has 0 radical (unpaired) electrons. The number of carbonyl (C=O) groups excluding carboxylic acids is 1. The van der Waals surface area contributed by atoms with Gasteiger partial charge < -0.3 is 9.88 Å². The van der Waals surface area contributed by atoms with Crippen molar-refractivity contribution < 1.29 is 4.79 Å². The number of nitrogens with zero attached hydrogens (tertiary/aromatic N) is 2. The summed E-state index contributed by atoms with van der Waals surface area (Å²) >= 11 is 0. The lowest BCUT2D eigenvalue weighted by molar-refractivity contribution is -0.121. The van der Waals surface area contributed by atoms with Crippen molar-refractivity contribution in [3.05, 3.63) is 112 Å². The summed E-state index contributed by atoms with van der Waals surface area (Å²) in [7, 11) is 0. The zero-order chi connectivity index (χ0) is 25.7. The van der Waals surface area contributed by atoms with Crippen LogP contribution in [-0.4, -0.2) is 10.5 Å². The van der Waals surface area contributed by atoms with Crippen molar-refractivity contribution in [2.75, 3.05) is 0 Å². The van der Waals surface area contributed by atoms with Gasteiger partial charge in [0.15, 0.2) is 0 Å². The molecule has 4 heteroatoms. The van der Waals surface area contributed by atoms with E-state index in [0.717, 1.165) is 28.2 Å². The molecule has 0 fully saturated rings. The van der Waals surface area contributed by atoms with Gasteiger partial charge in [-0.15, -0.1) is 0 Å². The maximum Gasteiger partial charge on any atom is 0.220 e. The van der Waals surface area contributed by atoms with Crippen LogP contribution < -0.4 is 5.32 Å². The van der Waals surface area contributed by atoms with E-state index in [1.807, 2.05) is 18.2 Å². The molecule has 0 saturated carbocycles. The first kappa shape index (κ1) is 25.0. The second-order valence-corrected chi connectivity index (χ2v) is 9.50. The quantitative estimate of drug-likeness (QED) is 0.308. The molecule has 182 valence electrons. The number of hydrogen-bond acceptors (Lipinski definition) is 2. The number of nitrogens with one attached hydrogen (secondary N) is 1. The first-order valence-electron chi connectivity index (χ1n) is 12.4. The van der Waals surface area contributed by atoms with Crippen molar-refractivity contribution in [2.45, 2.75) is 53.5 Å². The van der Waals surface area contributed by atoms with E-state index < -0.39 is 0 Å². The molecule has 0 aliphatic heterocycles. The smallest absolute Gasteiger partial charge is 0.220 e. The summed E-state index contributed by atoms with van der Waals surface area (Å²) < 4.78 is 2.24. The van der Waals surface area contributed by atoms with Crippen LogP contribution in [0.25, 0.3) is 16.9 Å². The van der Waals surface area contributed by atoms with Crippen molar-refractivity contribution in [1.82, 2.24) is 9.88 Å². The van der Waals surface area contributed by atoms with Crippen LogP contribution in [0.15, 0.2) is 72.8 Å². The van der Waals surface area contributed by atoms with Crippen molar-refractivity contribution in [1.29, 1.82) is 5.26 Å². The van der Waals surface area contributed by atoms with Crippen LogP contribution in [0.4, 0.5) is 0 Å². The zero-order valence-corrected chi connectivity index (χ0v) is 21.6. The van der Waals surface area contributed by atoms with Gasteiger partial charge in [-0.1, -0.05) is 54.1 Å². The lowest BCUT2D eigenvalue weighted by atomic mass is 10.0. The second-order valence-electron chi connectivity index (χ2n) is 9.50. The van der Waals surface area contributed by atoms with Crippen LogP contribution in [0.1, 0.15) is 45.5 Å². The largest absolute Gasteiger partial charge is 0.352 e. The number of aromatic nitrogens is 1. The Hall–Kier alpha value is -4.10. The number of carbonyl (C=O) groups is 1. The highest BCUT2D eigenvalue weighted by Gasteiger charge is 2.15. The summed E-state index contributed by atoms with van der Waals surface area (Å²) in [6.45, 7) is 8.97. The monoisotopic (exact) mass is 475 g/mol. The van der Waals surface area contributed by atoms with E-state index in [2.05, 4.69) is 98.2 Å². The van der Waals surface area contributed by atoms with Crippen LogP contribution in [0.3, 0.4) is 0 Å². The van der Waals surface area contributed by atoms with Gasteiger partial charge in [0.25, 0.3) is 0 Å². The van der Waals surface area contributed by atoms with Gasteiger partial charge in [0.2, 0.25) is 5.91 Å². The van der Waals surface area contributed by atoms with Crippen molar-refractivity contribution in [3.63, 3.8) is 0 Å². The average Bonchev–Trinajstić information content (AvgIpc) is 3.28. The minimum absolute atomic E-state index is 0.0427. The molecule has 4 aromatic rings. The molecule has 36 heavy (non-hydrogen) atoms. The molecule has 0 aliphatic carbocycles. The predicted molar refractivity (Wildman–Crippen MR) is 146 cm³/mol. The van der Waals surface area contributed by atoms with Crippen LogP contribution in [0.2, 0.25) is 0 Å². The lowest BCUT2D eigenvalue weighted by Crippen LogP contribution is -2.23. The number of hydrogen-bond donors (Lipinski definition) is 1.